The fourth-order valence-corrected chi connectivity index (χ4v) is 2.43. The minimum absolute atomic E-state index is 0.0602. The van der Waals surface area contributed by atoms with E-state index in [0.717, 1.165) is 10.9 Å². The van der Waals surface area contributed by atoms with Crippen molar-refractivity contribution in [2.45, 2.75) is 26.3 Å². The van der Waals surface area contributed by atoms with Crippen LogP contribution in [0.2, 0.25) is 5.02 Å². The molecule has 1 atom stereocenters. The standard InChI is InChI=1S/C13H16BrCl2NO/c1-8(2)11(6-7-15)17-13(18)9-4-3-5-10(14)12(9)16/h3-5,8,11H,6-7H2,1-2H3,(H,17,18). The van der Waals surface area contributed by atoms with Crippen molar-refractivity contribution >= 4 is 45.0 Å². The third-order valence-electron chi connectivity index (χ3n) is 2.74. The zero-order valence-corrected chi connectivity index (χ0v) is 13.4. The van der Waals surface area contributed by atoms with Gasteiger partial charge in [0.05, 0.1) is 10.6 Å². The molecule has 1 unspecified atom stereocenters. The van der Waals surface area contributed by atoms with Gasteiger partial charge in [0, 0.05) is 16.4 Å². The molecule has 0 radical (unpaired) electrons. The first-order valence-corrected chi connectivity index (χ1v) is 7.48. The number of nitrogens with one attached hydrogen (secondary N) is 1. The van der Waals surface area contributed by atoms with Crippen molar-refractivity contribution in [2.24, 2.45) is 5.92 Å². The summed E-state index contributed by atoms with van der Waals surface area (Å²) >= 11 is 15.1. The highest BCUT2D eigenvalue weighted by Gasteiger charge is 2.18. The first-order valence-electron chi connectivity index (χ1n) is 5.78. The molecular weight excluding hydrogens is 337 g/mol. The van der Waals surface area contributed by atoms with Crippen LogP contribution in [0.3, 0.4) is 0 Å². The second-order valence-electron chi connectivity index (χ2n) is 4.40. The van der Waals surface area contributed by atoms with E-state index in [1.54, 1.807) is 18.2 Å². The van der Waals surface area contributed by atoms with E-state index >= 15 is 0 Å². The number of amides is 1. The van der Waals surface area contributed by atoms with Gasteiger partial charge in [0.1, 0.15) is 0 Å². The minimum atomic E-state index is -0.162. The topological polar surface area (TPSA) is 29.1 Å². The molecule has 100 valence electrons. The van der Waals surface area contributed by atoms with Crippen molar-refractivity contribution in [1.29, 1.82) is 0 Å². The molecule has 0 saturated heterocycles. The van der Waals surface area contributed by atoms with Gasteiger partial charge in [0.2, 0.25) is 0 Å². The lowest BCUT2D eigenvalue weighted by atomic mass is 10.0. The average molecular weight is 353 g/mol. The fraction of sp³-hybridized carbons (Fsp3) is 0.462. The van der Waals surface area contributed by atoms with Crippen molar-refractivity contribution in [1.82, 2.24) is 5.32 Å². The first kappa shape index (κ1) is 15.8. The molecule has 1 aromatic carbocycles. The Labute approximate surface area is 126 Å². The Morgan fingerprint density at radius 2 is 2.11 bits per heavy atom. The Morgan fingerprint density at radius 1 is 1.44 bits per heavy atom. The second kappa shape index (κ2) is 7.37. The van der Waals surface area contributed by atoms with E-state index in [4.69, 9.17) is 23.2 Å². The summed E-state index contributed by atoms with van der Waals surface area (Å²) in [6.07, 6.45) is 0.747. The smallest absolute Gasteiger partial charge is 0.253 e. The van der Waals surface area contributed by atoms with Crippen LogP contribution in [0, 0.1) is 5.92 Å². The molecule has 0 fully saturated rings. The predicted octanol–water partition coefficient (Wildman–Crippen LogP) is 4.49. The van der Waals surface area contributed by atoms with Gasteiger partial charge in [-0.05, 0) is 40.4 Å². The molecule has 2 nitrogen and oxygen atoms in total. The summed E-state index contributed by atoms with van der Waals surface area (Å²) in [5.74, 6) is 0.693. The summed E-state index contributed by atoms with van der Waals surface area (Å²) < 4.78 is 0.718. The van der Waals surface area contributed by atoms with Gasteiger partial charge in [-0.25, -0.2) is 0 Å². The van der Waals surface area contributed by atoms with Crippen molar-refractivity contribution in [3.63, 3.8) is 0 Å². The van der Waals surface area contributed by atoms with Crippen LogP contribution in [-0.2, 0) is 0 Å². The van der Waals surface area contributed by atoms with E-state index in [0.29, 0.717) is 22.4 Å². The van der Waals surface area contributed by atoms with E-state index in [-0.39, 0.29) is 11.9 Å². The molecule has 1 rings (SSSR count). The van der Waals surface area contributed by atoms with Crippen LogP contribution in [0.25, 0.3) is 0 Å². The summed E-state index contributed by atoms with van der Waals surface area (Å²) in [5.41, 5.74) is 0.478. The molecule has 1 amide bonds. The number of benzene rings is 1. The Morgan fingerprint density at radius 3 is 2.67 bits per heavy atom. The number of hydrogen-bond acceptors (Lipinski definition) is 1. The molecule has 0 heterocycles. The van der Waals surface area contributed by atoms with E-state index in [9.17, 15) is 4.79 Å². The SMILES string of the molecule is CC(C)C(CCCl)NC(=O)c1cccc(Br)c1Cl. The van der Waals surface area contributed by atoms with Crippen LogP contribution in [0.4, 0.5) is 0 Å². The molecule has 0 saturated carbocycles. The van der Waals surface area contributed by atoms with Gasteiger partial charge in [-0.1, -0.05) is 31.5 Å². The van der Waals surface area contributed by atoms with Gasteiger partial charge in [-0.3, -0.25) is 4.79 Å². The third kappa shape index (κ3) is 4.15. The maximum absolute atomic E-state index is 12.1. The van der Waals surface area contributed by atoms with E-state index in [1.807, 2.05) is 0 Å². The van der Waals surface area contributed by atoms with Gasteiger partial charge in [0.15, 0.2) is 0 Å². The Kier molecular flexibility index (Phi) is 6.47. The Bertz CT molecular complexity index is 423. The normalized spacial score (nSPS) is 12.6. The number of carbonyl (C=O) groups is 1. The number of carbonyl (C=O) groups excluding carboxylic acids is 1. The highest BCUT2D eigenvalue weighted by atomic mass is 79.9. The third-order valence-corrected chi connectivity index (χ3v) is 4.25. The van der Waals surface area contributed by atoms with Crippen molar-refractivity contribution in [3.8, 4) is 0 Å². The average Bonchev–Trinajstić information content (AvgIpc) is 2.31. The van der Waals surface area contributed by atoms with Crippen molar-refractivity contribution in [3.05, 3.63) is 33.3 Å². The lowest BCUT2D eigenvalue weighted by molar-refractivity contribution is 0.0925. The summed E-state index contributed by atoms with van der Waals surface area (Å²) in [6, 6.07) is 5.36. The van der Waals surface area contributed by atoms with E-state index < -0.39 is 0 Å². The lowest BCUT2D eigenvalue weighted by Gasteiger charge is -2.21. The molecule has 0 spiro atoms. The van der Waals surface area contributed by atoms with Crippen LogP contribution in [-0.4, -0.2) is 17.8 Å². The van der Waals surface area contributed by atoms with Gasteiger partial charge in [0.25, 0.3) is 5.91 Å². The molecule has 5 heteroatoms. The maximum atomic E-state index is 12.1. The van der Waals surface area contributed by atoms with Crippen molar-refractivity contribution < 1.29 is 4.79 Å². The highest BCUT2D eigenvalue weighted by Crippen LogP contribution is 2.26. The van der Waals surface area contributed by atoms with Crippen molar-refractivity contribution in [2.75, 3.05) is 5.88 Å². The summed E-state index contributed by atoms with van der Waals surface area (Å²) in [4.78, 5) is 12.1. The molecule has 1 N–H and O–H groups in total. The van der Waals surface area contributed by atoms with Crippen LogP contribution in [0.5, 0.6) is 0 Å². The molecule has 0 bridgehead atoms. The lowest BCUT2D eigenvalue weighted by Crippen LogP contribution is -2.39. The molecule has 18 heavy (non-hydrogen) atoms. The van der Waals surface area contributed by atoms with Crippen LogP contribution >= 0.6 is 39.1 Å². The highest BCUT2D eigenvalue weighted by molar-refractivity contribution is 9.10. The Balaban J connectivity index is 2.84. The maximum Gasteiger partial charge on any atom is 0.253 e. The van der Waals surface area contributed by atoms with Gasteiger partial charge in [-0.15, -0.1) is 11.6 Å². The number of alkyl halides is 1. The predicted molar refractivity (Wildman–Crippen MR) is 80.6 cm³/mol. The zero-order chi connectivity index (χ0) is 13.7. The first-order chi connectivity index (χ1) is 8.47. The summed E-state index contributed by atoms with van der Waals surface area (Å²) in [7, 11) is 0. The summed E-state index contributed by atoms with van der Waals surface area (Å²) in [5, 5.41) is 3.41. The largest absolute Gasteiger partial charge is 0.349 e. The van der Waals surface area contributed by atoms with Gasteiger partial charge >= 0.3 is 0 Å². The summed E-state index contributed by atoms with van der Waals surface area (Å²) in [6.45, 7) is 4.11. The molecule has 0 aliphatic carbocycles. The van der Waals surface area contributed by atoms with Gasteiger partial charge in [-0.2, -0.15) is 0 Å². The van der Waals surface area contributed by atoms with E-state index in [1.165, 1.54) is 0 Å². The fourth-order valence-electron chi connectivity index (χ4n) is 1.62. The molecule has 1 aromatic rings. The number of hydrogen-bond donors (Lipinski definition) is 1. The number of halogens is 3. The Hall–Kier alpha value is -0.250. The second-order valence-corrected chi connectivity index (χ2v) is 6.01. The van der Waals surface area contributed by atoms with E-state index in [2.05, 4.69) is 35.1 Å². The molecule has 0 aliphatic heterocycles. The minimum Gasteiger partial charge on any atom is -0.349 e. The van der Waals surface area contributed by atoms with Crippen LogP contribution in [0.1, 0.15) is 30.6 Å². The van der Waals surface area contributed by atoms with Crippen LogP contribution in [0.15, 0.2) is 22.7 Å². The molecule has 0 aliphatic rings. The quantitative estimate of drug-likeness (QED) is 0.777. The number of rotatable bonds is 5. The molecular formula is C13H16BrCl2NO. The zero-order valence-electron chi connectivity index (χ0n) is 10.3. The van der Waals surface area contributed by atoms with Crippen LogP contribution < -0.4 is 5.32 Å². The van der Waals surface area contributed by atoms with Gasteiger partial charge < -0.3 is 5.32 Å². The monoisotopic (exact) mass is 351 g/mol. The molecule has 0 aromatic heterocycles.